The number of alkyl halides is 3. The molecule has 3 aromatic carbocycles. The molecule has 0 spiro atoms. The molecule has 0 aliphatic heterocycles. The number of hydrogen-bond donors (Lipinski definition) is 4. The summed E-state index contributed by atoms with van der Waals surface area (Å²) in [7, 11) is -4.77. The predicted octanol–water partition coefficient (Wildman–Crippen LogP) is 4.37. The lowest BCUT2D eigenvalue weighted by atomic mass is 9.93. The van der Waals surface area contributed by atoms with Crippen LogP contribution in [0, 0.1) is 0 Å². The minimum absolute atomic E-state index is 0.0680. The number of nitrogens with two attached hydrogens (primary N) is 1. The fourth-order valence-electron chi connectivity index (χ4n) is 3.77. The average molecular weight is 569 g/mol. The summed E-state index contributed by atoms with van der Waals surface area (Å²) in [6.07, 6.45) is -4.49. The van der Waals surface area contributed by atoms with E-state index in [4.69, 9.17) is 24.7 Å². The van der Waals surface area contributed by atoms with Crippen molar-refractivity contribution in [3.63, 3.8) is 0 Å². The third kappa shape index (κ3) is 7.57. The molecule has 0 radical (unpaired) electrons. The van der Waals surface area contributed by atoms with Crippen molar-refractivity contribution < 1.29 is 51.0 Å². The minimum atomic E-state index is -4.86. The number of fused-ring (bicyclic) bond motifs is 2. The van der Waals surface area contributed by atoms with Crippen LogP contribution in [0.1, 0.15) is 12.0 Å². The molecule has 0 aliphatic rings. The molecule has 1 atom stereocenters. The van der Waals surface area contributed by atoms with Gasteiger partial charge >= 0.3 is 14.2 Å². The Kier molecular flexibility index (Phi) is 8.03. The number of hydrogen-bond acceptors (Lipinski definition) is 8. The second-order valence-corrected chi connectivity index (χ2v) is 10.1. The molecule has 5 N–H and O–H groups in total. The van der Waals surface area contributed by atoms with Gasteiger partial charge in [-0.05, 0) is 54.8 Å². The zero-order chi connectivity index (χ0) is 28.4. The summed E-state index contributed by atoms with van der Waals surface area (Å²) in [5.41, 5.74) is 5.35. The number of phosphoric ester groups is 1. The number of aliphatic hydroxyl groups is 1. The Hall–Kier alpha value is -3.45. The molecule has 4 aromatic rings. The SMILES string of the molecule is NC(CO)(CCc1ccc2c(=O)c3ccc(Oc4cccc(OC(F)(F)F)c4)cc3oc2c1)COP(=O)(O)O. The van der Waals surface area contributed by atoms with Crippen molar-refractivity contribution in [2.45, 2.75) is 24.7 Å². The zero-order valence-corrected chi connectivity index (χ0v) is 20.9. The van der Waals surface area contributed by atoms with E-state index in [-0.39, 0.29) is 46.3 Å². The first-order valence-corrected chi connectivity index (χ1v) is 12.9. The molecular formula is C25H23F3NO9P. The Morgan fingerprint density at radius 1 is 0.923 bits per heavy atom. The van der Waals surface area contributed by atoms with Crippen LogP contribution in [-0.4, -0.2) is 40.0 Å². The summed E-state index contributed by atoms with van der Waals surface area (Å²) in [5, 5.41) is 10.1. The molecular weight excluding hydrogens is 546 g/mol. The van der Waals surface area contributed by atoms with Gasteiger partial charge in [0, 0.05) is 12.1 Å². The summed E-state index contributed by atoms with van der Waals surface area (Å²) in [6, 6.07) is 14.2. The molecule has 0 saturated carbocycles. The number of rotatable bonds is 10. The van der Waals surface area contributed by atoms with Crippen LogP contribution in [0.25, 0.3) is 21.9 Å². The van der Waals surface area contributed by atoms with Gasteiger partial charge in [-0.3, -0.25) is 9.32 Å². The highest BCUT2D eigenvalue weighted by Crippen LogP contribution is 2.37. The maximum Gasteiger partial charge on any atom is 0.573 e. The number of aliphatic hydroxyl groups excluding tert-OH is 1. The average Bonchev–Trinajstić information content (AvgIpc) is 2.85. The van der Waals surface area contributed by atoms with Crippen molar-refractivity contribution >= 4 is 29.8 Å². The number of halogens is 3. The molecule has 10 nitrogen and oxygen atoms in total. The standard InChI is InChI=1S/C25H23F3NO9P/c26-25(27,28)38-18-3-1-2-16(11-18)36-17-5-7-20-22(12-17)37-21-10-15(4-6-19(21)23(20)31)8-9-24(29,13-30)14-35-39(32,33)34/h1-7,10-12,30H,8-9,13-14,29H2,(H2,32,33,34). The summed E-state index contributed by atoms with van der Waals surface area (Å²) in [4.78, 5) is 30.8. The molecule has 208 valence electrons. The number of phosphoric acid groups is 1. The van der Waals surface area contributed by atoms with E-state index in [1.54, 1.807) is 18.2 Å². The molecule has 1 aromatic heterocycles. The third-order valence-corrected chi connectivity index (χ3v) is 6.20. The molecule has 1 unspecified atom stereocenters. The predicted molar refractivity (Wildman–Crippen MR) is 134 cm³/mol. The van der Waals surface area contributed by atoms with Gasteiger partial charge in [0.05, 0.1) is 29.5 Å². The van der Waals surface area contributed by atoms with E-state index in [2.05, 4.69) is 9.26 Å². The van der Waals surface area contributed by atoms with E-state index in [0.717, 1.165) is 12.1 Å². The van der Waals surface area contributed by atoms with Crippen LogP contribution in [0.5, 0.6) is 17.2 Å². The van der Waals surface area contributed by atoms with Gasteiger partial charge < -0.3 is 34.5 Å². The summed E-state index contributed by atoms with van der Waals surface area (Å²) >= 11 is 0. The van der Waals surface area contributed by atoms with Crippen molar-refractivity contribution in [2.75, 3.05) is 13.2 Å². The molecule has 4 rings (SSSR count). The van der Waals surface area contributed by atoms with Crippen LogP contribution in [0.3, 0.4) is 0 Å². The van der Waals surface area contributed by atoms with E-state index in [0.29, 0.717) is 10.9 Å². The number of aryl methyl sites for hydroxylation is 1. The molecule has 14 heteroatoms. The fourth-order valence-corrected chi connectivity index (χ4v) is 4.19. The van der Waals surface area contributed by atoms with Gasteiger partial charge in [-0.2, -0.15) is 0 Å². The molecule has 0 amide bonds. The Labute approximate surface area is 218 Å². The largest absolute Gasteiger partial charge is 0.573 e. The first-order chi connectivity index (χ1) is 18.2. The van der Waals surface area contributed by atoms with Crippen molar-refractivity contribution in [2.24, 2.45) is 5.73 Å². The lowest BCUT2D eigenvalue weighted by molar-refractivity contribution is -0.274. The van der Waals surface area contributed by atoms with Gasteiger partial charge in [0.25, 0.3) is 0 Å². The fraction of sp³-hybridized carbons (Fsp3) is 0.240. The van der Waals surface area contributed by atoms with E-state index in [1.807, 2.05) is 0 Å². The van der Waals surface area contributed by atoms with Crippen LogP contribution < -0.4 is 20.6 Å². The topological polar surface area (TPSA) is 162 Å². The van der Waals surface area contributed by atoms with Gasteiger partial charge in [0.2, 0.25) is 5.43 Å². The molecule has 0 bridgehead atoms. The highest BCUT2D eigenvalue weighted by molar-refractivity contribution is 7.46. The quantitative estimate of drug-likeness (QED) is 0.159. The smallest absolute Gasteiger partial charge is 0.457 e. The normalized spacial score (nSPS) is 13.9. The van der Waals surface area contributed by atoms with E-state index in [1.165, 1.54) is 30.3 Å². The van der Waals surface area contributed by atoms with Gasteiger partial charge in [-0.25, -0.2) is 4.57 Å². The van der Waals surface area contributed by atoms with Crippen molar-refractivity contribution in [3.05, 3.63) is 76.5 Å². The molecule has 1 heterocycles. The molecule has 39 heavy (non-hydrogen) atoms. The molecule has 0 fully saturated rings. The summed E-state index contributed by atoms with van der Waals surface area (Å²) in [6.45, 7) is -1.16. The minimum Gasteiger partial charge on any atom is -0.457 e. The first-order valence-electron chi connectivity index (χ1n) is 11.4. The maximum absolute atomic E-state index is 13.0. The van der Waals surface area contributed by atoms with Crippen LogP contribution in [-0.2, 0) is 15.5 Å². The Morgan fingerprint density at radius 3 is 2.23 bits per heavy atom. The zero-order valence-electron chi connectivity index (χ0n) is 20.1. The van der Waals surface area contributed by atoms with Crippen LogP contribution in [0.4, 0.5) is 13.2 Å². The van der Waals surface area contributed by atoms with Crippen molar-refractivity contribution in [3.8, 4) is 17.2 Å². The molecule has 0 saturated heterocycles. The summed E-state index contributed by atoms with van der Waals surface area (Å²) in [5.74, 6) is -0.188. The van der Waals surface area contributed by atoms with Gasteiger partial charge in [-0.15, -0.1) is 13.2 Å². The Bertz CT molecular complexity index is 1600. The maximum atomic E-state index is 13.0. The highest BCUT2D eigenvalue weighted by atomic mass is 31.2. The third-order valence-electron chi connectivity index (χ3n) is 5.73. The van der Waals surface area contributed by atoms with Crippen LogP contribution in [0.2, 0.25) is 0 Å². The van der Waals surface area contributed by atoms with Crippen molar-refractivity contribution in [1.29, 1.82) is 0 Å². The van der Waals surface area contributed by atoms with Gasteiger partial charge in [-0.1, -0.05) is 12.1 Å². The lowest BCUT2D eigenvalue weighted by Crippen LogP contribution is -2.48. The Balaban J connectivity index is 1.58. The van der Waals surface area contributed by atoms with Gasteiger partial charge in [0.1, 0.15) is 28.4 Å². The van der Waals surface area contributed by atoms with E-state index in [9.17, 15) is 27.6 Å². The second-order valence-electron chi connectivity index (χ2n) is 8.83. The lowest BCUT2D eigenvalue weighted by Gasteiger charge is -2.27. The van der Waals surface area contributed by atoms with Gasteiger partial charge in [0.15, 0.2) is 0 Å². The second kappa shape index (κ2) is 11.0. The van der Waals surface area contributed by atoms with Crippen molar-refractivity contribution in [1.82, 2.24) is 0 Å². The monoisotopic (exact) mass is 569 g/mol. The van der Waals surface area contributed by atoms with Crippen LogP contribution in [0.15, 0.2) is 69.9 Å². The van der Waals surface area contributed by atoms with E-state index < -0.39 is 38.7 Å². The van der Waals surface area contributed by atoms with E-state index >= 15 is 0 Å². The Morgan fingerprint density at radius 2 is 1.56 bits per heavy atom. The molecule has 0 aliphatic carbocycles. The number of ether oxygens (including phenoxy) is 2. The first kappa shape index (κ1) is 28.6. The highest BCUT2D eigenvalue weighted by Gasteiger charge is 2.31. The number of benzene rings is 3. The van der Waals surface area contributed by atoms with Crippen LogP contribution >= 0.6 is 7.82 Å². The summed E-state index contributed by atoms with van der Waals surface area (Å²) < 4.78 is 68.4.